The predicted molar refractivity (Wildman–Crippen MR) is 63.0 cm³/mol. The van der Waals surface area contributed by atoms with Crippen molar-refractivity contribution in [2.45, 2.75) is 13.1 Å². The van der Waals surface area contributed by atoms with E-state index in [4.69, 9.17) is 11.6 Å². The number of nitrogens with one attached hydrogen (secondary N) is 1. The Labute approximate surface area is 98.5 Å². The van der Waals surface area contributed by atoms with Gasteiger partial charge in [-0.05, 0) is 12.1 Å². The maximum absolute atomic E-state index is 5.99. The average Bonchev–Trinajstić information content (AvgIpc) is 2.76. The highest BCUT2D eigenvalue weighted by Crippen LogP contribution is 2.27. The Bertz CT molecular complexity index is 540. The number of aromatic nitrogens is 2. The van der Waals surface area contributed by atoms with Crippen LogP contribution in [0.5, 0.6) is 0 Å². The average molecular weight is 232 g/mol. The fraction of sp³-hybridized carbons (Fsp3) is 0.167. The van der Waals surface area contributed by atoms with E-state index < -0.39 is 0 Å². The van der Waals surface area contributed by atoms with Crippen LogP contribution in [-0.4, -0.2) is 9.97 Å². The Kier molecular flexibility index (Phi) is 2.35. The van der Waals surface area contributed by atoms with Gasteiger partial charge in [0.15, 0.2) is 0 Å². The van der Waals surface area contributed by atoms with Crippen LogP contribution in [0.4, 0.5) is 0 Å². The summed E-state index contributed by atoms with van der Waals surface area (Å²) in [4.78, 5) is 8.61. The van der Waals surface area contributed by atoms with Crippen molar-refractivity contribution >= 4 is 11.6 Å². The summed E-state index contributed by atoms with van der Waals surface area (Å²) in [5.41, 5.74) is 4.31. The summed E-state index contributed by atoms with van der Waals surface area (Å²) in [6, 6.07) is 7.76. The zero-order valence-electron chi connectivity index (χ0n) is 8.57. The van der Waals surface area contributed by atoms with Crippen LogP contribution in [0.3, 0.4) is 0 Å². The first kappa shape index (κ1) is 9.75. The molecule has 4 heteroatoms. The molecule has 1 aromatic heterocycles. The van der Waals surface area contributed by atoms with E-state index in [0.29, 0.717) is 0 Å². The summed E-state index contributed by atoms with van der Waals surface area (Å²) in [5, 5.41) is 4.01. The SMILES string of the molecule is Clc1cccc(-c2ncnc3c2CNC3)c1. The third-order valence-electron chi connectivity index (χ3n) is 2.73. The molecular weight excluding hydrogens is 222 g/mol. The van der Waals surface area contributed by atoms with Gasteiger partial charge >= 0.3 is 0 Å². The van der Waals surface area contributed by atoms with Crippen LogP contribution in [0.1, 0.15) is 11.3 Å². The first-order valence-electron chi connectivity index (χ1n) is 5.14. The van der Waals surface area contributed by atoms with Gasteiger partial charge in [-0.3, -0.25) is 0 Å². The van der Waals surface area contributed by atoms with E-state index in [0.717, 1.165) is 35.1 Å². The van der Waals surface area contributed by atoms with E-state index in [2.05, 4.69) is 15.3 Å². The van der Waals surface area contributed by atoms with Crippen molar-refractivity contribution in [3.63, 3.8) is 0 Å². The summed E-state index contributed by atoms with van der Waals surface area (Å²) in [7, 11) is 0. The largest absolute Gasteiger partial charge is 0.307 e. The number of hydrogen-bond acceptors (Lipinski definition) is 3. The molecule has 3 rings (SSSR count). The van der Waals surface area contributed by atoms with E-state index in [1.165, 1.54) is 5.56 Å². The minimum absolute atomic E-state index is 0.732. The van der Waals surface area contributed by atoms with Crippen LogP contribution >= 0.6 is 11.6 Å². The number of fused-ring (bicyclic) bond motifs is 1. The van der Waals surface area contributed by atoms with Crippen molar-refractivity contribution in [2.75, 3.05) is 0 Å². The molecule has 0 atom stereocenters. The fourth-order valence-electron chi connectivity index (χ4n) is 1.98. The lowest BCUT2D eigenvalue weighted by atomic mass is 10.1. The van der Waals surface area contributed by atoms with Crippen molar-refractivity contribution in [1.29, 1.82) is 0 Å². The Balaban J connectivity index is 2.17. The van der Waals surface area contributed by atoms with Crippen LogP contribution in [-0.2, 0) is 13.1 Å². The van der Waals surface area contributed by atoms with Gasteiger partial charge in [0.05, 0.1) is 11.4 Å². The highest BCUT2D eigenvalue weighted by molar-refractivity contribution is 6.30. The molecule has 0 aliphatic carbocycles. The monoisotopic (exact) mass is 231 g/mol. The molecule has 1 aliphatic rings. The Hall–Kier alpha value is -1.45. The van der Waals surface area contributed by atoms with Crippen molar-refractivity contribution in [3.05, 3.63) is 46.9 Å². The van der Waals surface area contributed by atoms with Crippen LogP contribution in [0.2, 0.25) is 5.02 Å². The first-order valence-corrected chi connectivity index (χ1v) is 5.52. The van der Waals surface area contributed by atoms with Gasteiger partial charge in [0.25, 0.3) is 0 Å². The van der Waals surface area contributed by atoms with Gasteiger partial charge in [-0.25, -0.2) is 9.97 Å². The second-order valence-electron chi connectivity index (χ2n) is 3.76. The molecule has 1 aromatic carbocycles. The molecule has 0 saturated carbocycles. The van der Waals surface area contributed by atoms with Gasteiger partial charge in [0.2, 0.25) is 0 Å². The fourth-order valence-corrected chi connectivity index (χ4v) is 2.17. The zero-order valence-corrected chi connectivity index (χ0v) is 9.33. The Morgan fingerprint density at radius 2 is 2.12 bits per heavy atom. The maximum atomic E-state index is 5.99. The lowest BCUT2D eigenvalue weighted by Gasteiger charge is -2.06. The lowest BCUT2D eigenvalue weighted by Crippen LogP contribution is -2.00. The van der Waals surface area contributed by atoms with Gasteiger partial charge in [0.1, 0.15) is 6.33 Å². The van der Waals surface area contributed by atoms with Crippen LogP contribution < -0.4 is 5.32 Å². The Morgan fingerprint density at radius 1 is 1.19 bits per heavy atom. The highest BCUT2D eigenvalue weighted by atomic mass is 35.5. The molecule has 0 amide bonds. The van der Waals surface area contributed by atoms with E-state index in [1.807, 2.05) is 24.3 Å². The molecule has 2 heterocycles. The second-order valence-corrected chi connectivity index (χ2v) is 4.20. The normalized spacial score (nSPS) is 13.8. The van der Waals surface area contributed by atoms with Crippen molar-refractivity contribution in [3.8, 4) is 11.3 Å². The van der Waals surface area contributed by atoms with Gasteiger partial charge < -0.3 is 5.32 Å². The number of nitrogens with zero attached hydrogens (tertiary/aromatic N) is 2. The number of benzene rings is 1. The minimum Gasteiger partial charge on any atom is -0.307 e. The quantitative estimate of drug-likeness (QED) is 0.819. The van der Waals surface area contributed by atoms with E-state index >= 15 is 0 Å². The van der Waals surface area contributed by atoms with E-state index in [1.54, 1.807) is 6.33 Å². The molecule has 3 nitrogen and oxygen atoms in total. The van der Waals surface area contributed by atoms with Crippen molar-refractivity contribution < 1.29 is 0 Å². The predicted octanol–water partition coefficient (Wildman–Crippen LogP) is 2.40. The van der Waals surface area contributed by atoms with E-state index in [-0.39, 0.29) is 0 Å². The molecule has 0 bridgehead atoms. The molecule has 1 aliphatic heterocycles. The molecule has 80 valence electrons. The zero-order chi connectivity index (χ0) is 11.0. The molecule has 0 fully saturated rings. The second kappa shape index (κ2) is 3.85. The van der Waals surface area contributed by atoms with Gasteiger partial charge in [-0.2, -0.15) is 0 Å². The molecule has 0 saturated heterocycles. The summed E-state index contributed by atoms with van der Waals surface area (Å²) in [6.45, 7) is 1.66. The van der Waals surface area contributed by atoms with Gasteiger partial charge in [0, 0.05) is 29.2 Å². The molecule has 0 unspecified atom stereocenters. The Morgan fingerprint density at radius 3 is 3.00 bits per heavy atom. The van der Waals surface area contributed by atoms with Gasteiger partial charge in [-0.15, -0.1) is 0 Å². The number of rotatable bonds is 1. The maximum Gasteiger partial charge on any atom is 0.116 e. The smallest absolute Gasteiger partial charge is 0.116 e. The van der Waals surface area contributed by atoms with Gasteiger partial charge in [-0.1, -0.05) is 23.7 Å². The van der Waals surface area contributed by atoms with Crippen LogP contribution in [0.15, 0.2) is 30.6 Å². The molecular formula is C12H10ClN3. The summed E-state index contributed by atoms with van der Waals surface area (Å²) in [5.74, 6) is 0. The third kappa shape index (κ3) is 1.58. The van der Waals surface area contributed by atoms with E-state index in [9.17, 15) is 0 Å². The summed E-state index contributed by atoms with van der Waals surface area (Å²) in [6.07, 6.45) is 1.61. The van der Waals surface area contributed by atoms with Crippen molar-refractivity contribution in [1.82, 2.24) is 15.3 Å². The standard InChI is InChI=1S/C12H10ClN3/c13-9-3-1-2-8(4-9)12-10-5-14-6-11(10)15-7-16-12/h1-4,7,14H,5-6H2. The molecule has 0 spiro atoms. The topological polar surface area (TPSA) is 37.8 Å². The summed E-state index contributed by atoms with van der Waals surface area (Å²) >= 11 is 5.99. The first-order chi connectivity index (χ1) is 7.84. The van der Waals surface area contributed by atoms with Crippen LogP contribution in [0.25, 0.3) is 11.3 Å². The van der Waals surface area contributed by atoms with Crippen molar-refractivity contribution in [2.24, 2.45) is 0 Å². The third-order valence-corrected chi connectivity index (χ3v) is 2.96. The number of hydrogen-bond donors (Lipinski definition) is 1. The number of halogens is 1. The minimum atomic E-state index is 0.732. The molecule has 0 radical (unpaired) electrons. The molecule has 1 N–H and O–H groups in total. The van der Waals surface area contributed by atoms with Crippen LogP contribution in [0, 0.1) is 0 Å². The molecule has 2 aromatic rings. The molecule has 16 heavy (non-hydrogen) atoms. The lowest BCUT2D eigenvalue weighted by molar-refractivity contribution is 0.758. The highest BCUT2D eigenvalue weighted by Gasteiger charge is 2.17. The summed E-state index contributed by atoms with van der Waals surface area (Å²) < 4.78 is 0.